The van der Waals surface area contributed by atoms with E-state index in [-0.39, 0.29) is 36.6 Å². The van der Waals surface area contributed by atoms with Crippen LogP contribution in [0.15, 0.2) is 64.6 Å². The van der Waals surface area contributed by atoms with Crippen molar-refractivity contribution in [2.24, 2.45) is 9.98 Å². The van der Waals surface area contributed by atoms with Crippen LogP contribution in [0.25, 0.3) is 0 Å². The van der Waals surface area contributed by atoms with E-state index in [9.17, 15) is 14.4 Å². The molecule has 1 unspecified atom stereocenters. The van der Waals surface area contributed by atoms with Gasteiger partial charge in [0.05, 0.1) is 24.5 Å². The summed E-state index contributed by atoms with van der Waals surface area (Å²) < 4.78 is 4.98. The molecule has 0 spiro atoms. The Bertz CT molecular complexity index is 1120. The number of benzene rings is 2. The zero-order chi connectivity index (χ0) is 23.2. The highest BCUT2D eigenvalue weighted by Gasteiger charge is 2.42. The molecule has 2 heterocycles. The monoisotopic (exact) mass is 464 g/mol. The molecule has 0 fully saturated rings. The van der Waals surface area contributed by atoms with Gasteiger partial charge in [0, 0.05) is 12.1 Å². The maximum absolute atomic E-state index is 13.2. The quantitative estimate of drug-likeness (QED) is 0.606. The molecule has 2 aliphatic heterocycles. The maximum atomic E-state index is 13.2. The van der Waals surface area contributed by atoms with E-state index in [1.165, 1.54) is 4.90 Å². The molecule has 2 amide bonds. The van der Waals surface area contributed by atoms with E-state index in [1.807, 2.05) is 54.6 Å². The molecule has 1 atom stereocenters. The molecule has 0 aromatic heterocycles. The van der Waals surface area contributed by atoms with Crippen LogP contribution in [-0.2, 0) is 25.5 Å². The van der Waals surface area contributed by atoms with E-state index in [0.717, 1.165) is 22.9 Å². The number of nitrogens with zero attached hydrogens (tertiary/aromatic N) is 3. The van der Waals surface area contributed by atoms with Crippen LogP contribution in [0.1, 0.15) is 24.5 Å². The van der Waals surface area contributed by atoms with E-state index in [4.69, 9.17) is 4.74 Å². The second-order valence-corrected chi connectivity index (χ2v) is 8.38. The summed E-state index contributed by atoms with van der Waals surface area (Å²) in [4.78, 5) is 48.1. The highest BCUT2D eigenvalue weighted by atomic mass is 32.2. The highest BCUT2D eigenvalue weighted by molar-refractivity contribution is 8.14. The number of hydrogen-bond acceptors (Lipinski definition) is 7. The first-order valence-electron chi connectivity index (χ1n) is 10.8. The number of esters is 1. The fourth-order valence-electron chi connectivity index (χ4n) is 3.60. The molecular weight excluding hydrogens is 440 g/mol. The molecule has 4 rings (SSSR count). The number of para-hydroxylation sites is 1. The Labute approximate surface area is 196 Å². The molecule has 8 nitrogen and oxygen atoms in total. The Hall–Kier alpha value is -3.46. The number of ether oxygens (including phenoxy) is 1. The predicted molar refractivity (Wildman–Crippen MR) is 128 cm³/mol. The van der Waals surface area contributed by atoms with Gasteiger partial charge in [0.15, 0.2) is 5.17 Å². The summed E-state index contributed by atoms with van der Waals surface area (Å²) in [7, 11) is 0. The minimum absolute atomic E-state index is 0.0243. The van der Waals surface area contributed by atoms with Crippen molar-refractivity contribution in [2.45, 2.75) is 25.8 Å². The highest BCUT2D eigenvalue weighted by Crippen LogP contribution is 2.34. The van der Waals surface area contributed by atoms with Crippen LogP contribution in [0.4, 0.5) is 5.69 Å². The Kier molecular flexibility index (Phi) is 7.19. The SMILES string of the molecule is CCOC(=O)CSC1=Nc2ccccc2C2=NC(CC(=O)NCCc3ccccc3)C(=O)N12. The first-order valence-corrected chi connectivity index (χ1v) is 11.7. The Balaban J connectivity index is 1.44. The van der Waals surface area contributed by atoms with Crippen LogP contribution in [0.3, 0.4) is 0 Å². The summed E-state index contributed by atoms with van der Waals surface area (Å²) in [5.41, 5.74) is 2.51. The maximum Gasteiger partial charge on any atom is 0.316 e. The first-order chi connectivity index (χ1) is 16.1. The van der Waals surface area contributed by atoms with Crippen LogP contribution in [0, 0.1) is 0 Å². The summed E-state index contributed by atoms with van der Waals surface area (Å²) in [5.74, 6) is -0.467. The second-order valence-electron chi connectivity index (χ2n) is 7.44. The van der Waals surface area contributed by atoms with E-state index in [2.05, 4.69) is 15.3 Å². The molecule has 0 saturated heterocycles. The summed E-state index contributed by atoms with van der Waals surface area (Å²) in [6, 6.07) is 16.4. The number of fused-ring (bicyclic) bond motifs is 3. The molecule has 9 heteroatoms. The lowest BCUT2D eigenvalue weighted by atomic mass is 10.1. The zero-order valence-electron chi connectivity index (χ0n) is 18.2. The number of carbonyl (C=O) groups excluding carboxylic acids is 3. The number of amidine groups is 2. The van der Waals surface area contributed by atoms with E-state index >= 15 is 0 Å². The largest absolute Gasteiger partial charge is 0.465 e. The number of nitrogens with one attached hydrogen (secondary N) is 1. The van der Waals surface area contributed by atoms with Gasteiger partial charge in [-0.3, -0.25) is 19.4 Å². The Morgan fingerprint density at radius 3 is 2.67 bits per heavy atom. The van der Waals surface area contributed by atoms with E-state index < -0.39 is 6.04 Å². The van der Waals surface area contributed by atoms with Gasteiger partial charge in [0.2, 0.25) is 5.91 Å². The van der Waals surface area contributed by atoms with Gasteiger partial charge in [-0.05, 0) is 31.0 Å². The molecule has 0 saturated carbocycles. The minimum atomic E-state index is -0.837. The van der Waals surface area contributed by atoms with Gasteiger partial charge >= 0.3 is 5.97 Å². The van der Waals surface area contributed by atoms with Crippen LogP contribution >= 0.6 is 11.8 Å². The third-order valence-electron chi connectivity index (χ3n) is 5.13. The minimum Gasteiger partial charge on any atom is -0.465 e. The smallest absolute Gasteiger partial charge is 0.316 e. The molecule has 1 N–H and O–H groups in total. The summed E-state index contributed by atoms with van der Waals surface area (Å²) in [6.07, 6.45) is 0.659. The molecular formula is C24H24N4O4S. The van der Waals surface area contributed by atoms with E-state index in [0.29, 0.717) is 29.7 Å². The van der Waals surface area contributed by atoms with Crippen molar-refractivity contribution in [3.63, 3.8) is 0 Å². The number of amides is 2. The van der Waals surface area contributed by atoms with Crippen LogP contribution < -0.4 is 5.32 Å². The van der Waals surface area contributed by atoms with Crippen molar-refractivity contribution in [1.29, 1.82) is 0 Å². The second kappa shape index (κ2) is 10.4. The molecule has 2 aromatic rings. The van der Waals surface area contributed by atoms with Crippen molar-refractivity contribution in [3.05, 3.63) is 65.7 Å². The van der Waals surface area contributed by atoms with Crippen molar-refractivity contribution in [1.82, 2.24) is 10.2 Å². The molecule has 0 bridgehead atoms. The van der Waals surface area contributed by atoms with Crippen LogP contribution in [0.2, 0.25) is 0 Å². The third-order valence-corrected chi connectivity index (χ3v) is 6.04. The van der Waals surface area contributed by atoms with Gasteiger partial charge in [-0.1, -0.05) is 54.2 Å². The zero-order valence-corrected chi connectivity index (χ0v) is 19.0. The topological polar surface area (TPSA) is 100 Å². The number of aliphatic imine (C=N–C) groups is 2. The molecule has 0 radical (unpaired) electrons. The fraction of sp³-hybridized carbons (Fsp3) is 0.292. The average molecular weight is 465 g/mol. The molecule has 2 aromatic carbocycles. The lowest BCUT2D eigenvalue weighted by Crippen LogP contribution is -2.42. The van der Waals surface area contributed by atoms with E-state index in [1.54, 1.807) is 6.92 Å². The normalized spacial score (nSPS) is 16.5. The van der Waals surface area contributed by atoms with Crippen molar-refractivity contribution in [3.8, 4) is 0 Å². The van der Waals surface area contributed by atoms with Crippen molar-refractivity contribution in [2.75, 3.05) is 18.9 Å². The predicted octanol–water partition coefficient (Wildman–Crippen LogP) is 2.69. The van der Waals surface area contributed by atoms with Crippen molar-refractivity contribution < 1.29 is 19.1 Å². The van der Waals surface area contributed by atoms with Gasteiger partial charge in [-0.2, -0.15) is 0 Å². The van der Waals surface area contributed by atoms with Gasteiger partial charge < -0.3 is 10.1 Å². The van der Waals surface area contributed by atoms with Crippen LogP contribution in [-0.4, -0.2) is 58.6 Å². The summed E-state index contributed by atoms with van der Waals surface area (Å²) in [6.45, 7) is 2.50. The van der Waals surface area contributed by atoms with Gasteiger partial charge in [-0.15, -0.1) is 0 Å². The summed E-state index contributed by atoms with van der Waals surface area (Å²) >= 11 is 1.12. The fourth-order valence-corrected chi connectivity index (χ4v) is 4.40. The first kappa shape index (κ1) is 22.7. The lowest BCUT2D eigenvalue weighted by molar-refractivity contribution is -0.139. The molecule has 2 aliphatic rings. The third kappa shape index (κ3) is 5.31. The average Bonchev–Trinajstić information content (AvgIpc) is 3.14. The molecule has 33 heavy (non-hydrogen) atoms. The van der Waals surface area contributed by atoms with Gasteiger partial charge in [-0.25, -0.2) is 9.89 Å². The van der Waals surface area contributed by atoms with Gasteiger partial charge in [0.25, 0.3) is 5.91 Å². The lowest BCUT2D eigenvalue weighted by Gasteiger charge is -2.25. The Morgan fingerprint density at radius 1 is 1.12 bits per heavy atom. The molecule has 0 aliphatic carbocycles. The van der Waals surface area contributed by atoms with Gasteiger partial charge in [0.1, 0.15) is 11.9 Å². The summed E-state index contributed by atoms with van der Waals surface area (Å²) in [5, 5.41) is 3.23. The number of thioether (sulfide) groups is 1. The number of hydrogen-bond donors (Lipinski definition) is 1. The Morgan fingerprint density at radius 2 is 1.88 bits per heavy atom. The molecule has 170 valence electrons. The number of carbonyl (C=O) groups is 3. The number of rotatable bonds is 8. The van der Waals surface area contributed by atoms with Crippen LogP contribution in [0.5, 0.6) is 0 Å². The standard InChI is InChI=1S/C24H24N4O4S/c1-2-32-21(30)15-33-24-27-18-11-7-6-10-17(18)22-26-19(23(31)28(22)24)14-20(29)25-13-12-16-8-4-3-5-9-16/h3-11,19H,2,12-15H2,1H3,(H,25,29). The van der Waals surface area contributed by atoms with Crippen molar-refractivity contribution >= 4 is 46.2 Å².